The monoisotopic (exact) mass is 676 g/mol. The number of nitro groups is 1. The van der Waals surface area contributed by atoms with Crippen LogP contribution in [0.1, 0.15) is 70.4 Å². The molecule has 5 rings (SSSR count). The summed E-state index contributed by atoms with van der Waals surface area (Å²) < 4.78 is 51.4. The van der Waals surface area contributed by atoms with Gasteiger partial charge in [0.1, 0.15) is 0 Å². The highest BCUT2D eigenvalue weighted by Crippen LogP contribution is 2.55. The molecule has 0 amide bonds. The molecule has 0 fully saturated rings. The Bertz CT molecular complexity index is 1620. The molecule has 12 heteroatoms. The molecule has 234 valence electrons. The Morgan fingerprint density at radius 3 is 1.95 bits per heavy atom. The van der Waals surface area contributed by atoms with Crippen molar-refractivity contribution in [3.63, 3.8) is 0 Å². The summed E-state index contributed by atoms with van der Waals surface area (Å²) in [5.74, 6) is -1.09. The van der Waals surface area contributed by atoms with Gasteiger partial charge in [-0.15, -0.1) is 0 Å². The number of nitro benzene ring substituents is 1. The maximum Gasteiger partial charge on any atom is 0.416 e. The van der Waals surface area contributed by atoms with Crippen LogP contribution in [0.3, 0.4) is 0 Å². The fourth-order valence-electron chi connectivity index (χ4n) is 6.54. The van der Waals surface area contributed by atoms with E-state index in [4.69, 9.17) is 9.47 Å². The third-order valence-electron chi connectivity index (χ3n) is 8.46. The number of Topliss-reactive ketones (excluding diaryl/α,β-unsaturated/α-hetero) is 2. The van der Waals surface area contributed by atoms with Crippen molar-refractivity contribution in [3.8, 4) is 17.2 Å². The first-order valence-corrected chi connectivity index (χ1v) is 14.8. The van der Waals surface area contributed by atoms with E-state index in [9.17, 15) is 32.9 Å². The summed E-state index contributed by atoms with van der Waals surface area (Å²) in [4.78, 5) is 40.3. The minimum Gasteiger partial charge on any atom is -0.493 e. The number of methoxy groups -OCH3 is 1. The summed E-state index contributed by atoms with van der Waals surface area (Å²) in [6.07, 6.45) is -2.87. The van der Waals surface area contributed by atoms with Crippen molar-refractivity contribution in [2.45, 2.75) is 65.5 Å². The summed E-state index contributed by atoms with van der Waals surface area (Å²) in [5, 5.41) is 11.7. The number of alkyl halides is 3. The van der Waals surface area contributed by atoms with Crippen LogP contribution < -0.4 is 9.47 Å². The Labute approximate surface area is 261 Å². The molecule has 2 aliphatic carbocycles. The van der Waals surface area contributed by atoms with Gasteiger partial charge in [-0.3, -0.25) is 19.7 Å². The number of ketones is 2. The van der Waals surface area contributed by atoms with Gasteiger partial charge >= 0.3 is 11.9 Å². The van der Waals surface area contributed by atoms with E-state index in [-0.39, 0.29) is 38.4 Å². The molecule has 2 aromatic rings. The summed E-state index contributed by atoms with van der Waals surface area (Å²) >= 11 is 3.46. The van der Waals surface area contributed by atoms with Crippen LogP contribution in [0.25, 0.3) is 0 Å². The highest BCUT2D eigenvalue weighted by Gasteiger charge is 2.48. The van der Waals surface area contributed by atoms with E-state index in [0.717, 1.165) is 17.5 Å². The standard InChI is InChI=1S/C32H32BrF3N2O6/c1-30(2)12-20-27(22(39)14-30)26(28-21(37(20)5)13-31(3,4)15-23(28)40)16-9-18(33)29(25(10-16)43-6)44-24-8-7-17(32(34,35)36)11-19(24)38(41)42/h7-11,26H,12-15H2,1-6H3. The lowest BCUT2D eigenvalue weighted by atomic mass is 9.64. The van der Waals surface area contributed by atoms with Crippen molar-refractivity contribution in [2.75, 3.05) is 14.2 Å². The van der Waals surface area contributed by atoms with Gasteiger partial charge in [0.2, 0.25) is 5.75 Å². The van der Waals surface area contributed by atoms with Crippen molar-refractivity contribution in [1.82, 2.24) is 4.90 Å². The lowest BCUT2D eigenvalue weighted by Crippen LogP contribution is -2.43. The molecule has 0 N–H and O–H groups in total. The Morgan fingerprint density at radius 1 is 0.932 bits per heavy atom. The van der Waals surface area contributed by atoms with Crippen molar-refractivity contribution < 1.29 is 37.2 Å². The van der Waals surface area contributed by atoms with E-state index in [0.29, 0.717) is 54.5 Å². The fraction of sp³-hybridized carbons (Fsp3) is 0.438. The second kappa shape index (κ2) is 10.7. The predicted molar refractivity (Wildman–Crippen MR) is 159 cm³/mol. The lowest BCUT2D eigenvalue weighted by Gasteiger charge is -2.48. The molecule has 3 aliphatic rings. The van der Waals surface area contributed by atoms with Crippen LogP contribution in [0, 0.1) is 20.9 Å². The summed E-state index contributed by atoms with van der Waals surface area (Å²) in [6, 6.07) is 5.28. The average molecular weight is 678 g/mol. The highest BCUT2D eigenvalue weighted by atomic mass is 79.9. The average Bonchev–Trinajstić information content (AvgIpc) is 2.89. The fourth-order valence-corrected chi connectivity index (χ4v) is 7.08. The van der Waals surface area contributed by atoms with Crippen LogP contribution in [0.5, 0.6) is 17.2 Å². The second-order valence-corrected chi connectivity index (χ2v) is 14.0. The van der Waals surface area contributed by atoms with E-state index in [1.165, 1.54) is 7.11 Å². The first-order chi connectivity index (χ1) is 20.3. The molecule has 0 aromatic heterocycles. The molecule has 0 bridgehead atoms. The Kier molecular flexibility index (Phi) is 7.75. The number of hydrogen-bond acceptors (Lipinski definition) is 7. The zero-order chi connectivity index (χ0) is 32.5. The first kappa shape index (κ1) is 31.7. The van der Waals surface area contributed by atoms with Gasteiger partial charge in [-0.2, -0.15) is 13.2 Å². The Morgan fingerprint density at radius 2 is 1.48 bits per heavy atom. The zero-order valence-corrected chi connectivity index (χ0v) is 26.7. The molecule has 0 unspecified atom stereocenters. The highest BCUT2D eigenvalue weighted by molar-refractivity contribution is 9.10. The maximum absolute atomic E-state index is 13.8. The lowest BCUT2D eigenvalue weighted by molar-refractivity contribution is -0.385. The molecule has 0 saturated carbocycles. The van der Waals surface area contributed by atoms with Gasteiger partial charge in [0, 0.05) is 54.4 Å². The predicted octanol–water partition coefficient (Wildman–Crippen LogP) is 8.49. The van der Waals surface area contributed by atoms with Gasteiger partial charge in [0.15, 0.2) is 23.1 Å². The van der Waals surface area contributed by atoms with E-state index in [1.807, 2.05) is 39.6 Å². The van der Waals surface area contributed by atoms with Crippen LogP contribution in [-0.2, 0) is 15.8 Å². The molecule has 0 radical (unpaired) electrons. The number of nitrogens with zero attached hydrogens (tertiary/aromatic N) is 2. The van der Waals surface area contributed by atoms with Crippen LogP contribution in [0.2, 0.25) is 0 Å². The van der Waals surface area contributed by atoms with Crippen molar-refractivity contribution in [1.29, 1.82) is 0 Å². The minimum absolute atomic E-state index is 0.0114. The van der Waals surface area contributed by atoms with Crippen molar-refractivity contribution >= 4 is 33.2 Å². The van der Waals surface area contributed by atoms with Crippen LogP contribution in [0.4, 0.5) is 18.9 Å². The van der Waals surface area contributed by atoms with Gasteiger partial charge in [0.05, 0.1) is 22.1 Å². The molecule has 2 aromatic carbocycles. The van der Waals surface area contributed by atoms with E-state index in [2.05, 4.69) is 15.9 Å². The minimum atomic E-state index is -4.78. The normalized spacial score (nSPS) is 20.0. The molecule has 0 spiro atoms. The number of rotatable bonds is 5. The van der Waals surface area contributed by atoms with E-state index < -0.39 is 34.0 Å². The summed E-state index contributed by atoms with van der Waals surface area (Å²) in [6.45, 7) is 8.18. The van der Waals surface area contributed by atoms with Gasteiger partial charge in [-0.05, 0) is 69.4 Å². The second-order valence-electron chi connectivity index (χ2n) is 13.2. The van der Waals surface area contributed by atoms with Crippen LogP contribution >= 0.6 is 15.9 Å². The summed E-state index contributed by atoms with van der Waals surface area (Å²) in [5.41, 5.74) is 0.836. The molecule has 44 heavy (non-hydrogen) atoms. The van der Waals surface area contributed by atoms with Gasteiger partial charge in [-0.25, -0.2) is 0 Å². The number of carbonyl (C=O) groups is 2. The molecule has 1 heterocycles. The van der Waals surface area contributed by atoms with Gasteiger partial charge in [-0.1, -0.05) is 27.7 Å². The van der Waals surface area contributed by atoms with E-state index in [1.54, 1.807) is 12.1 Å². The van der Waals surface area contributed by atoms with Crippen molar-refractivity contribution in [3.05, 3.63) is 78.6 Å². The number of carbonyl (C=O) groups excluding carboxylic acids is 2. The topological polar surface area (TPSA) is 99.0 Å². The number of benzene rings is 2. The quantitative estimate of drug-likeness (QED) is 0.231. The molecular weight excluding hydrogens is 645 g/mol. The number of ether oxygens (including phenoxy) is 2. The molecule has 8 nitrogen and oxygen atoms in total. The summed E-state index contributed by atoms with van der Waals surface area (Å²) in [7, 11) is 3.26. The van der Waals surface area contributed by atoms with Crippen molar-refractivity contribution in [2.24, 2.45) is 10.8 Å². The smallest absolute Gasteiger partial charge is 0.416 e. The first-order valence-electron chi connectivity index (χ1n) is 14.0. The Hall–Kier alpha value is -3.67. The molecule has 1 aliphatic heterocycles. The third kappa shape index (κ3) is 5.64. The molecule has 0 atom stereocenters. The van der Waals surface area contributed by atoms with E-state index >= 15 is 0 Å². The number of hydrogen-bond donors (Lipinski definition) is 0. The maximum atomic E-state index is 13.8. The SMILES string of the molecule is COc1cc(C2C3=C(CC(C)(C)CC3=O)N(C)C3=C2C(=O)CC(C)(C)C3)cc(Br)c1Oc1ccc(C(F)(F)F)cc1[N+](=O)[O-]. The largest absolute Gasteiger partial charge is 0.493 e. The van der Waals surface area contributed by atoms with Crippen LogP contribution in [-0.4, -0.2) is 35.5 Å². The van der Waals surface area contributed by atoms with Crippen LogP contribution in [0.15, 0.2) is 57.3 Å². The third-order valence-corrected chi connectivity index (χ3v) is 9.05. The van der Waals surface area contributed by atoms with Gasteiger partial charge < -0.3 is 14.4 Å². The number of allylic oxidation sites excluding steroid dienone is 4. The zero-order valence-electron chi connectivity index (χ0n) is 25.1. The molecule has 0 saturated heterocycles. The molecular formula is C32H32BrF3N2O6. The Balaban J connectivity index is 1.66. The number of halogens is 4. The van der Waals surface area contributed by atoms with Gasteiger partial charge in [0.25, 0.3) is 0 Å².